The van der Waals surface area contributed by atoms with Crippen molar-refractivity contribution in [2.75, 3.05) is 20.3 Å². The fourth-order valence-electron chi connectivity index (χ4n) is 3.08. The first-order chi connectivity index (χ1) is 14.6. The summed E-state index contributed by atoms with van der Waals surface area (Å²) in [6.45, 7) is 0.0427. The molecular weight excluding hydrogens is 386 g/mol. The highest BCUT2D eigenvalue weighted by atomic mass is 16.5. The molecule has 0 atom stereocenters. The molecule has 0 radical (unpaired) electrons. The van der Waals surface area contributed by atoms with Gasteiger partial charge in [-0.05, 0) is 36.4 Å². The number of ether oxygens (including phenoxy) is 1. The fourth-order valence-corrected chi connectivity index (χ4v) is 3.08. The van der Waals surface area contributed by atoms with Gasteiger partial charge in [0.1, 0.15) is 5.75 Å². The Labute approximate surface area is 171 Å². The first kappa shape index (κ1) is 19.3. The minimum atomic E-state index is -0.357. The van der Waals surface area contributed by atoms with E-state index >= 15 is 0 Å². The maximum atomic E-state index is 12.5. The number of hydrogen-bond acceptors (Lipinski definition) is 6. The van der Waals surface area contributed by atoms with Gasteiger partial charge in [-0.1, -0.05) is 12.1 Å². The van der Waals surface area contributed by atoms with Crippen LogP contribution in [0.5, 0.6) is 5.75 Å². The van der Waals surface area contributed by atoms with Crippen LogP contribution in [0.15, 0.2) is 59.5 Å². The standard InChI is InChI=1S/C21H19N5O4/c1-30-16-7-5-15(6-8-16)26-19-18(25-21(26)29)24-17(12-23-19)13-3-2-4-14(11-13)20(28)22-9-10-27/h2-8,11-12,27H,9-10H2,1H3,(H,22,28)(H,24,25,29). The van der Waals surface area contributed by atoms with Gasteiger partial charge >= 0.3 is 5.69 Å². The van der Waals surface area contributed by atoms with Crippen molar-refractivity contribution >= 4 is 17.2 Å². The lowest BCUT2D eigenvalue weighted by molar-refractivity contribution is 0.0945. The number of benzene rings is 2. The monoisotopic (exact) mass is 405 g/mol. The van der Waals surface area contributed by atoms with E-state index in [0.717, 1.165) is 0 Å². The number of fused-ring (bicyclic) bond motifs is 1. The summed E-state index contributed by atoms with van der Waals surface area (Å²) in [5.74, 6) is 0.391. The van der Waals surface area contributed by atoms with E-state index in [1.54, 1.807) is 61.8 Å². The average Bonchev–Trinajstić information content (AvgIpc) is 3.12. The highest BCUT2D eigenvalue weighted by molar-refractivity contribution is 5.95. The van der Waals surface area contributed by atoms with Gasteiger partial charge in [0.05, 0.1) is 31.3 Å². The molecule has 30 heavy (non-hydrogen) atoms. The van der Waals surface area contributed by atoms with Crippen molar-refractivity contribution in [2.24, 2.45) is 0 Å². The van der Waals surface area contributed by atoms with Crippen LogP contribution in [0.25, 0.3) is 28.2 Å². The number of rotatable bonds is 6. The van der Waals surface area contributed by atoms with Crippen LogP contribution in [0.1, 0.15) is 10.4 Å². The zero-order valence-electron chi connectivity index (χ0n) is 16.1. The molecule has 4 rings (SSSR count). The molecule has 2 aromatic heterocycles. The van der Waals surface area contributed by atoms with E-state index in [2.05, 4.69) is 20.3 Å². The van der Waals surface area contributed by atoms with Gasteiger partial charge in [0.2, 0.25) is 0 Å². The molecule has 0 aliphatic carbocycles. The van der Waals surface area contributed by atoms with Crippen molar-refractivity contribution in [1.29, 1.82) is 0 Å². The highest BCUT2D eigenvalue weighted by Gasteiger charge is 2.14. The molecule has 2 aromatic carbocycles. The minimum Gasteiger partial charge on any atom is -0.497 e. The lowest BCUT2D eigenvalue weighted by Gasteiger charge is -2.06. The molecule has 0 saturated carbocycles. The quantitative estimate of drug-likeness (QED) is 0.447. The van der Waals surface area contributed by atoms with Gasteiger partial charge in [-0.3, -0.25) is 9.78 Å². The van der Waals surface area contributed by atoms with Crippen molar-refractivity contribution in [2.45, 2.75) is 0 Å². The molecule has 0 spiro atoms. The number of carbonyl (C=O) groups excluding carboxylic acids is 1. The zero-order valence-corrected chi connectivity index (χ0v) is 16.1. The van der Waals surface area contributed by atoms with Crippen LogP contribution in [0.4, 0.5) is 0 Å². The van der Waals surface area contributed by atoms with Gasteiger partial charge in [0.25, 0.3) is 5.91 Å². The van der Waals surface area contributed by atoms with E-state index in [4.69, 9.17) is 9.84 Å². The number of aliphatic hydroxyl groups is 1. The predicted molar refractivity (Wildman–Crippen MR) is 111 cm³/mol. The number of nitrogens with one attached hydrogen (secondary N) is 2. The molecule has 152 valence electrons. The number of hydrogen-bond donors (Lipinski definition) is 3. The van der Waals surface area contributed by atoms with Crippen LogP contribution < -0.4 is 15.7 Å². The predicted octanol–water partition coefficient (Wildman–Crippen LogP) is 1.51. The normalized spacial score (nSPS) is 10.9. The Morgan fingerprint density at radius 3 is 2.77 bits per heavy atom. The molecule has 0 aliphatic rings. The van der Waals surface area contributed by atoms with Crippen LogP contribution in [0, 0.1) is 0 Å². The number of aliphatic hydroxyl groups excluding tert-OH is 1. The smallest absolute Gasteiger partial charge is 0.333 e. The summed E-state index contributed by atoms with van der Waals surface area (Å²) in [6.07, 6.45) is 1.56. The van der Waals surface area contributed by atoms with Gasteiger partial charge in [-0.2, -0.15) is 0 Å². The Hall–Kier alpha value is -3.98. The second-order valence-corrected chi connectivity index (χ2v) is 6.45. The molecule has 9 nitrogen and oxygen atoms in total. The van der Waals surface area contributed by atoms with Crippen molar-refractivity contribution in [1.82, 2.24) is 24.8 Å². The number of imidazole rings is 1. The SMILES string of the molecule is COc1ccc(-n2c(=O)[nH]c3nc(-c4cccc(C(=O)NCCO)c4)cnc32)cc1. The summed E-state index contributed by atoms with van der Waals surface area (Å²) in [5.41, 5.74) is 2.64. The molecule has 1 amide bonds. The van der Waals surface area contributed by atoms with E-state index in [1.165, 1.54) is 4.57 Å². The molecule has 0 fully saturated rings. The number of methoxy groups -OCH3 is 1. The van der Waals surface area contributed by atoms with Crippen LogP contribution in [0.3, 0.4) is 0 Å². The topological polar surface area (TPSA) is 122 Å². The first-order valence-electron chi connectivity index (χ1n) is 9.22. The maximum absolute atomic E-state index is 12.5. The molecular formula is C21H19N5O4. The molecule has 0 bridgehead atoms. The van der Waals surface area contributed by atoms with Crippen LogP contribution in [-0.4, -0.2) is 50.8 Å². The van der Waals surface area contributed by atoms with Crippen molar-refractivity contribution < 1.29 is 14.6 Å². The summed E-state index contributed by atoms with van der Waals surface area (Å²) < 4.78 is 6.59. The summed E-state index contributed by atoms with van der Waals surface area (Å²) in [5, 5.41) is 11.5. The number of amides is 1. The van der Waals surface area contributed by atoms with Crippen molar-refractivity contribution in [3.8, 4) is 22.7 Å². The van der Waals surface area contributed by atoms with E-state index in [-0.39, 0.29) is 24.7 Å². The third kappa shape index (κ3) is 3.65. The molecule has 4 aromatic rings. The third-order valence-corrected chi connectivity index (χ3v) is 4.54. The van der Waals surface area contributed by atoms with E-state index in [0.29, 0.717) is 39.6 Å². The lowest BCUT2D eigenvalue weighted by atomic mass is 10.1. The number of H-pyrrole nitrogens is 1. The number of nitrogens with zero attached hydrogens (tertiary/aromatic N) is 3. The Kier molecular flexibility index (Phi) is 5.27. The molecule has 0 unspecified atom stereocenters. The number of aromatic amines is 1. The number of carbonyl (C=O) groups is 1. The minimum absolute atomic E-state index is 0.133. The zero-order chi connectivity index (χ0) is 21.1. The van der Waals surface area contributed by atoms with Gasteiger partial charge in [0.15, 0.2) is 11.3 Å². The summed E-state index contributed by atoms with van der Waals surface area (Å²) in [6, 6.07) is 13.9. The largest absolute Gasteiger partial charge is 0.497 e. The van der Waals surface area contributed by atoms with E-state index in [1.807, 2.05) is 0 Å². The first-order valence-corrected chi connectivity index (χ1v) is 9.22. The number of aromatic nitrogens is 4. The van der Waals surface area contributed by atoms with Gasteiger partial charge in [0, 0.05) is 17.7 Å². The van der Waals surface area contributed by atoms with Crippen LogP contribution in [-0.2, 0) is 0 Å². The lowest BCUT2D eigenvalue weighted by Crippen LogP contribution is -2.26. The van der Waals surface area contributed by atoms with Crippen LogP contribution in [0.2, 0.25) is 0 Å². The molecule has 0 saturated heterocycles. The average molecular weight is 405 g/mol. The molecule has 9 heteroatoms. The Morgan fingerprint density at radius 2 is 2.03 bits per heavy atom. The van der Waals surface area contributed by atoms with Crippen molar-refractivity contribution in [3.05, 3.63) is 70.8 Å². The summed E-state index contributed by atoms with van der Waals surface area (Å²) >= 11 is 0. The Morgan fingerprint density at radius 1 is 1.23 bits per heavy atom. The van der Waals surface area contributed by atoms with Gasteiger partial charge in [-0.25, -0.2) is 19.3 Å². The molecule has 3 N–H and O–H groups in total. The summed E-state index contributed by atoms with van der Waals surface area (Å²) in [4.78, 5) is 36.3. The van der Waals surface area contributed by atoms with E-state index in [9.17, 15) is 9.59 Å². The van der Waals surface area contributed by atoms with Crippen LogP contribution >= 0.6 is 0 Å². The second-order valence-electron chi connectivity index (χ2n) is 6.45. The Balaban J connectivity index is 1.71. The van der Waals surface area contributed by atoms with Crippen molar-refractivity contribution in [3.63, 3.8) is 0 Å². The maximum Gasteiger partial charge on any atom is 0.333 e. The van der Waals surface area contributed by atoms with E-state index < -0.39 is 0 Å². The van der Waals surface area contributed by atoms with Gasteiger partial charge < -0.3 is 15.2 Å². The third-order valence-electron chi connectivity index (χ3n) is 4.54. The van der Waals surface area contributed by atoms with Gasteiger partial charge in [-0.15, -0.1) is 0 Å². The Bertz CT molecular complexity index is 1260. The molecule has 2 heterocycles. The molecule has 0 aliphatic heterocycles. The second kappa shape index (κ2) is 8.18. The summed E-state index contributed by atoms with van der Waals surface area (Å²) in [7, 11) is 1.57. The fraction of sp³-hybridized carbons (Fsp3) is 0.143. The highest BCUT2D eigenvalue weighted by Crippen LogP contribution is 2.21.